The van der Waals surface area contributed by atoms with E-state index in [9.17, 15) is 4.39 Å². The van der Waals surface area contributed by atoms with Crippen molar-refractivity contribution in [1.29, 1.82) is 0 Å². The van der Waals surface area contributed by atoms with E-state index in [0.29, 0.717) is 6.61 Å². The summed E-state index contributed by atoms with van der Waals surface area (Å²) < 4.78 is 24.0. The van der Waals surface area contributed by atoms with Crippen LogP contribution in [-0.2, 0) is 9.47 Å². The maximum Gasteiger partial charge on any atom is 0.155 e. The zero-order chi connectivity index (χ0) is 11.2. The summed E-state index contributed by atoms with van der Waals surface area (Å²) in [6.07, 6.45) is -1.52. The van der Waals surface area contributed by atoms with E-state index in [2.05, 4.69) is 0 Å². The van der Waals surface area contributed by atoms with E-state index in [1.165, 1.54) is 0 Å². The van der Waals surface area contributed by atoms with Crippen LogP contribution in [-0.4, -0.2) is 36.4 Å². The van der Waals surface area contributed by atoms with Crippen molar-refractivity contribution in [2.24, 2.45) is 0 Å². The first kappa shape index (κ1) is 13.8. The molecule has 0 aromatic carbocycles. The third-order valence-corrected chi connectivity index (χ3v) is 2.01. The molecule has 0 aliphatic heterocycles. The molecule has 0 amide bonds. The molecule has 0 aliphatic rings. The first-order chi connectivity index (χ1) is 6.44. The van der Waals surface area contributed by atoms with E-state index in [-0.39, 0.29) is 13.0 Å². The van der Waals surface area contributed by atoms with Gasteiger partial charge >= 0.3 is 0 Å². The molecule has 0 aromatic rings. The van der Waals surface area contributed by atoms with Gasteiger partial charge in [0.1, 0.15) is 6.17 Å². The molecule has 0 bridgehead atoms. The molecule has 0 saturated heterocycles. The van der Waals surface area contributed by atoms with Gasteiger partial charge in [-0.15, -0.1) is 0 Å². The third kappa shape index (κ3) is 4.88. The molecule has 0 aromatic heterocycles. The Labute approximate surface area is 85.2 Å². The van der Waals surface area contributed by atoms with Crippen LogP contribution in [0.15, 0.2) is 0 Å². The van der Waals surface area contributed by atoms with Gasteiger partial charge in [-0.2, -0.15) is 0 Å². The SMILES string of the molecule is CCOC(C)OC(C)(C)C(F)CCO. The highest BCUT2D eigenvalue weighted by atomic mass is 19.1. The number of alkyl halides is 1. The van der Waals surface area contributed by atoms with Gasteiger partial charge in [-0.3, -0.25) is 0 Å². The maximum absolute atomic E-state index is 13.4. The fourth-order valence-corrected chi connectivity index (χ4v) is 1.23. The number of hydrogen-bond acceptors (Lipinski definition) is 3. The lowest BCUT2D eigenvalue weighted by atomic mass is 10.0. The summed E-state index contributed by atoms with van der Waals surface area (Å²) in [6.45, 7) is 7.27. The summed E-state index contributed by atoms with van der Waals surface area (Å²) in [5.41, 5.74) is -0.919. The second-order valence-electron chi connectivity index (χ2n) is 3.72. The Morgan fingerprint density at radius 3 is 2.43 bits per heavy atom. The molecule has 2 unspecified atom stereocenters. The van der Waals surface area contributed by atoms with Crippen molar-refractivity contribution in [3.8, 4) is 0 Å². The van der Waals surface area contributed by atoms with E-state index < -0.39 is 18.1 Å². The molecule has 0 heterocycles. The van der Waals surface area contributed by atoms with Crippen molar-refractivity contribution in [3.05, 3.63) is 0 Å². The van der Waals surface area contributed by atoms with Gasteiger partial charge in [0.05, 0.1) is 5.60 Å². The fourth-order valence-electron chi connectivity index (χ4n) is 1.23. The smallest absolute Gasteiger partial charge is 0.155 e. The van der Waals surface area contributed by atoms with Crippen molar-refractivity contribution in [3.63, 3.8) is 0 Å². The average Bonchev–Trinajstić information content (AvgIpc) is 2.03. The normalized spacial score (nSPS) is 16.7. The zero-order valence-electron chi connectivity index (χ0n) is 9.42. The number of hydrogen-bond donors (Lipinski definition) is 1. The topological polar surface area (TPSA) is 38.7 Å². The van der Waals surface area contributed by atoms with Crippen molar-refractivity contribution < 1.29 is 19.0 Å². The Balaban J connectivity index is 4.03. The lowest BCUT2D eigenvalue weighted by Gasteiger charge is -2.31. The highest BCUT2D eigenvalue weighted by Crippen LogP contribution is 2.22. The van der Waals surface area contributed by atoms with Gasteiger partial charge in [0.25, 0.3) is 0 Å². The number of ether oxygens (including phenoxy) is 2. The Morgan fingerprint density at radius 2 is 2.00 bits per heavy atom. The highest BCUT2D eigenvalue weighted by Gasteiger charge is 2.31. The third-order valence-electron chi connectivity index (χ3n) is 2.01. The molecule has 14 heavy (non-hydrogen) atoms. The first-order valence-corrected chi connectivity index (χ1v) is 4.98. The minimum atomic E-state index is -1.18. The van der Waals surface area contributed by atoms with Crippen molar-refractivity contribution in [2.45, 2.75) is 52.2 Å². The summed E-state index contributed by atoms with van der Waals surface area (Å²) in [5, 5.41) is 8.61. The molecule has 0 radical (unpaired) electrons. The number of rotatable bonds is 7. The summed E-state index contributed by atoms with van der Waals surface area (Å²) in [5.74, 6) is 0. The van der Waals surface area contributed by atoms with Crippen LogP contribution in [0.4, 0.5) is 4.39 Å². The molecule has 3 nitrogen and oxygen atoms in total. The summed E-state index contributed by atoms with van der Waals surface area (Å²) in [4.78, 5) is 0. The Kier molecular flexibility index (Phi) is 6.24. The molecule has 0 spiro atoms. The summed E-state index contributed by atoms with van der Waals surface area (Å²) >= 11 is 0. The van der Waals surface area contributed by atoms with Gasteiger partial charge in [-0.05, 0) is 27.7 Å². The Bertz CT molecular complexity index is 150. The minimum Gasteiger partial charge on any atom is -0.396 e. The predicted molar refractivity (Wildman–Crippen MR) is 52.9 cm³/mol. The lowest BCUT2D eigenvalue weighted by Crippen LogP contribution is -2.40. The molecular weight excluding hydrogens is 187 g/mol. The van der Waals surface area contributed by atoms with Gasteiger partial charge in [-0.1, -0.05) is 0 Å². The van der Waals surface area contributed by atoms with Crippen LogP contribution in [0.25, 0.3) is 0 Å². The molecule has 4 heteroatoms. The molecule has 86 valence electrons. The number of halogens is 1. The van der Waals surface area contributed by atoms with E-state index in [1.807, 2.05) is 6.92 Å². The van der Waals surface area contributed by atoms with Crippen LogP contribution in [0.1, 0.15) is 34.1 Å². The minimum absolute atomic E-state index is 0.0891. The molecule has 0 aliphatic carbocycles. The van der Waals surface area contributed by atoms with Crippen molar-refractivity contribution >= 4 is 0 Å². The maximum atomic E-state index is 13.4. The molecule has 2 atom stereocenters. The first-order valence-electron chi connectivity index (χ1n) is 4.98. The highest BCUT2D eigenvalue weighted by molar-refractivity contribution is 4.79. The van der Waals surface area contributed by atoms with Crippen molar-refractivity contribution in [1.82, 2.24) is 0 Å². The van der Waals surface area contributed by atoms with Gasteiger partial charge < -0.3 is 14.6 Å². The molecule has 0 saturated carbocycles. The second kappa shape index (κ2) is 6.32. The second-order valence-corrected chi connectivity index (χ2v) is 3.72. The average molecular weight is 208 g/mol. The Morgan fingerprint density at radius 1 is 1.43 bits per heavy atom. The van der Waals surface area contributed by atoms with Gasteiger partial charge in [0.2, 0.25) is 0 Å². The van der Waals surface area contributed by atoms with E-state index in [1.54, 1.807) is 20.8 Å². The largest absolute Gasteiger partial charge is 0.396 e. The Hall–Kier alpha value is -0.190. The molecular formula is C10H21FO3. The predicted octanol–water partition coefficient (Wildman–Crippen LogP) is 1.88. The molecule has 0 fully saturated rings. The summed E-state index contributed by atoms with van der Waals surface area (Å²) in [7, 11) is 0. The van der Waals surface area contributed by atoms with Crippen LogP contribution in [0.5, 0.6) is 0 Å². The van der Waals surface area contributed by atoms with Crippen LogP contribution in [0.3, 0.4) is 0 Å². The monoisotopic (exact) mass is 208 g/mol. The van der Waals surface area contributed by atoms with Gasteiger partial charge in [0.15, 0.2) is 6.29 Å². The molecule has 1 N–H and O–H groups in total. The fraction of sp³-hybridized carbons (Fsp3) is 1.00. The lowest BCUT2D eigenvalue weighted by molar-refractivity contribution is -0.208. The van der Waals surface area contributed by atoms with Gasteiger partial charge in [-0.25, -0.2) is 4.39 Å². The van der Waals surface area contributed by atoms with E-state index in [4.69, 9.17) is 14.6 Å². The van der Waals surface area contributed by atoms with Crippen LogP contribution in [0.2, 0.25) is 0 Å². The van der Waals surface area contributed by atoms with Crippen LogP contribution < -0.4 is 0 Å². The van der Waals surface area contributed by atoms with Crippen LogP contribution in [0, 0.1) is 0 Å². The quantitative estimate of drug-likeness (QED) is 0.649. The molecule has 0 rings (SSSR count). The summed E-state index contributed by atoms with van der Waals surface area (Å²) in [6, 6.07) is 0. The number of aliphatic hydroxyl groups is 1. The van der Waals surface area contributed by atoms with E-state index in [0.717, 1.165) is 0 Å². The number of aliphatic hydroxyl groups excluding tert-OH is 1. The van der Waals surface area contributed by atoms with Crippen molar-refractivity contribution in [2.75, 3.05) is 13.2 Å². The zero-order valence-corrected chi connectivity index (χ0v) is 9.42. The standard InChI is InChI=1S/C10H21FO3/c1-5-13-8(2)14-10(3,4)9(11)6-7-12/h8-9,12H,5-7H2,1-4H3. The van der Waals surface area contributed by atoms with Crippen LogP contribution >= 0.6 is 0 Å². The van der Waals surface area contributed by atoms with Gasteiger partial charge in [0, 0.05) is 19.6 Å². The van der Waals surface area contributed by atoms with E-state index >= 15 is 0 Å².